The van der Waals surface area contributed by atoms with Crippen molar-refractivity contribution in [3.63, 3.8) is 0 Å². The number of hydrogen-bond acceptors (Lipinski definition) is 2. The SMILES string of the molecule is CC(C)(F)c1cccc(C(=O)O)c1O. The minimum absolute atomic E-state index is 0.0163. The van der Waals surface area contributed by atoms with E-state index >= 15 is 0 Å². The molecule has 4 heteroatoms. The number of phenols is 1. The summed E-state index contributed by atoms with van der Waals surface area (Å²) in [5.41, 5.74) is -2.05. The molecule has 0 aliphatic carbocycles. The van der Waals surface area contributed by atoms with E-state index in [2.05, 4.69) is 0 Å². The Bertz CT molecular complexity index is 366. The van der Waals surface area contributed by atoms with Gasteiger partial charge in [0, 0.05) is 5.56 Å². The number of rotatable bonds is 2. The minimum atomic E-state index is -1.75. The lowest BCUT2D eigenvalue weighted by Gasteiger charge is -2.16. The molecule has 0 amide bonds. The second-order valence-corrected chi connectivity index (χ2v) is 3.48. The Hall–Kier alpha value is -1.58. The van der Waals surface area contributed by atoms with Crippen LogP contribution in [-0.4, -0.2) is 16.2 Å². The van der Waals surface area contributed by atoms with E-state index < -0.39 is 17.4 Å². The van der Waals surface area contributed by atoms with E-state index in [0.29, 0.717) is 0 Å². The highest BCUT2D eigenvalue weighted by Gasteiger charge is 2.25. The molecule has 76 valence electrons. The molecule has 0 spiro atoms. The van der Waals surface area contributed by atoms with Crippen LogP contribution in [0.4, 0.5) is 4.39 Å². The van der Waals surface area contributed by atoms with Crippen molar-refractivity contribution in [1.29, 1.82) is 0 Å². The summed E-state index contributed by atoms with van der Waals surface area (Å²) in [6.07, 6.45) is 0. The molecule has 1 rings (SSSR count). The molecule has 3 nitrogen and oxygen atoms in total. The number of hydrogen-bond donors (Lipinski definition) is 2. The van der Waals surface area contributed by atoms with E-state index in [-0.39, 0.29) is 11.1 Å². The second-order valence-electron chi connectivity index (χ2n) is 3.48. The number of carbonyl (C=O) groups is 1. The third-order valence-corrected chi connectivity index (χ3v) is 1.91. The summed E-state index contributed by atoms with van der Waals surface area (Å²) < 4.78 is 13.5. The summed E-state index contributed by atoms with van der Waals surface area (Å²) >= 11 is 0. The van der Waals surface area contributed by atoms with Crippen LogP contribution < -0.4 is 0 Å². The molecule has 0 saturated heterocycles. The predicted octanol–water partition coefficient (Wildman–Crippen LogP) is 2.30. The zero-order chi connectivity index (χ0) is 10.9. The van der Waals surface area contributed by atoms with E-state index in [4.69, 9.17) is 5.11 Å². The van der Waals surface area contributed by atoms with Crippen LogP contribution >= 0.6 is 0 Å². The molecule has 0 atom stereocenters. The molecule has 0 bridgehead atoms. The van der Waals surface area contributed by atoms with Crippen LogP contribution in [0.2, 0.25) is 0 Å². The summed E-state index contributed by atoms with van der Waals surface area (Å²) in [6.45, 7) is 2.52. The number of para-hydroxylation sites is 1. The van der Waals surface area contributed by atoms with Crippen molar-refractivity contribution in [2.24, 2.45) is 0 Å². The number of aromatic carboxylic acids is 1. The van der Waals surface area contributed by atoms with Gasteiger partial charge in [-0.05, 0) is 19.9 Å². The fourth-order valence-corrected chi connectivity index (χ4v) is 1.20. The van der Waals surface area contributed by atoms with E-state index in [9.17, 15) is 14.3 Å². The molecular formula is C10H11FO3. The molecule has 0 fully saturated rings. The number of alkyl halides is 1. The zero-order valence-electron chi connectivity index (χ0n) is 7.91. The molecule has 0 aliphatic rings. The smallest absolute Gasteiger partial charge is 0.339 e. The summed E-state index contributed by atoms with van der Waals surface area (Å²) in [6, 6.07) is 3.99. The second kappa shape index (κ2) is 3.29. The molecule has 0 unspecified atom stereocenters. The highest BCUT2D eigenvalue weighted by Crippen LogP contribution is 2.34. The lowest BCUT2D eigenvalue weighted by Crippen LogP contribution is -2.11. The summed E-state index contributed by atoms with van der Waals surface area (Å²) in [5, 5.41) is 18.1. The first-order chi connectivity index (χ1) is 6.34. The molecule has 2 N–H and O–H groups in total. The Kier molecular flexibility index (Phi) is 2.47. The van der Waals surface area contributed by atoms with Gasteiger partial charge in [0.05, 0.1) is 0 Å². The van der Waals surface area contributed by atoms with Gasteiger partial charge in [-0.25, -0.2) is 9.18 Å². The van der Waals surface area contributed by atoms with Crippen LogP contribution in [0.1, 0.15) is 29.8 Å². The maximum Gasteiger partial charge on any atom is 0.339 e. The van der Waals surface area contributed by atoms with Crippen molar-refractivity contribution in [2.75, 3.05) is 0 Å². The topological polar surface area (TPSA) is 57.5 Å². The summed E-state index contributed by atoms with van der Waals surface area (Å²) in [4.78, 5) is 10.6. The molecule has 0 heterocycles. The number of benzene rings is 1. The molecule has 0 radical (unpaired) electrons. The van der Waals surface area contributed by atoms with Gasteiger partial charge in [0.15, 0.2) is 0 Å². The zero-order valence-corrected chi connectivity index (χ0v) is 7.91. The van der Waals surface area contributed by atoms with Gasteiger partial charge in [0.25, 0.3) is 0 Å². The summed E-state index contributed by atoms with van der Waals surface area (Å²) in [7, 11) is 0. The first-order valence-electron chi connectivity index (χ1n) is 4.08. The van der Waals surface area contributed by atoms with Crippen molar-refractivity contribution in [3.05, 3.63) is 29.3 Å². The minimum Gasteiger partial charge on any atom is -0.507 e. The summed E-state index contributed by atoms with van der Waals surface area (Å²) in [5.74, 6) is -1.78. The quantitative estimate of drug-likeness (QED) is 0.766. The van der Waals surface area contributed by atoms with Crippen LogP contribution in [0, 0.1) is 0 Å². The lowest BCUT2D eigenvalue weighted by atomic mass is 9.96. The van der Waals surface area contributed by atoms with Crippen LogP contribution in [0.25, 0.3) is 0 Å². The fourth-order valence-electron chi connectivity index (χ4n) is 1.20. The first kappa shape index (κ1) is 10.5. The number of aromatic hydroxyl groups is 1. The van der Waals surface area contributed by atoms with Crippen LogP contribution in [-0.2, 0) is 5.67 Å². The van der Waals surface area contributed by atoms with Gasteiger partial charge in [0.2, 0.25) is 0 Å². The van der Waals surface area contributed by atoms with Crippen LogP contribution in [0.15, 0.2) is 18.2 Å². The average Bonchev–Trinajstić information content (AvgIpc) is 2.01. The average molecular weight is 198 g/mol. The third-order valence-electron chi connectivity index (χ3n) is 1.91. The van der Waals surface area contributed by atoms with Crippen molar-refractivity contribution >= 4 is 5.97 Å². The first-order valence-corrected chi connectivity index (χ1v) is 4.08. The highest BCUT2D eigenvalue weighted by atomic mass is 19.1. The molecule has 1 aromatic rings. The van der Waals surface area contributed by atoms with E-state index in [1.54, 1.807) is 0 Å². The van der Waals surface area contributed by atoms with Gasteiger partial charge in [-0.3, -0.25) is 0 Å². The van der Waals surface area contributed by atoms with Gasteiger partial charge in [0.1, 0.15) is 17.0 Å². The van der Waals surface area contributed by atoms with E-state index in [1.807, 2.05) is 0 Å². The van der Waals surface area contributed by atoms with Crippen molar-refractivity contribution in [3.8, 4) is 5.75 Å². The normalized spacial score (nSPS) is 11.4. The Labute approximate surface area is 80.8 Å². The number of halogens is 1. The molecule has 14 heavy (non-hydrogen) atoms. The van der Waals surface area contributed by atoms with Crippen LogP contribution in [0.5, 0.6) is 5.75 Å². The number of carboxylic acid groups (broad SMARTS) is 1. The largest absolute Gasteiger partial charge is 0.507 e. The molecule has 1 aromatic carbocycles. The van der Waals surface area contributed by atoms with Gasteiger partial charge in [-0.1, -0.05) is 12.1 Å². The Morgan fingerprint density at radius 1 is 1.43 bits per heavy atom. The van der Waals surface area contributed by atoms with Gasteiger partial charge in [-0.2, -0.15) is 0 Å². The maximum atomic E-state index is 13.5. The predicted molar refractivity (Wildman–Crippen MR) is 49.2 cm³/mol. The maximum absolute atomic E-state index is 13.5. The molecule has 0 saturated carbocycles. The van der Waals surface area contributed by atoms with Gasteiger partial charge >= 0.3 is 5.97 Å². The van der Waals surface area contributed by atoms with Gasteiger partial charge < -0.3 is 10.2 Å². The number of carboxylic acids is 1. The highest BCUT2D eigenvalue weighted by molar-refractivity contribution is 5.91. The Balaban J connectivity index is 3.35. The van der Waals surface area contributed by atoms with Crippen molar-refractivity contribution in [1.82, 2.24) is 0 Å². The molecule has 0 aromatic heterocycles. The standard InChI is InChI=1S/C10H11FO3/c1-10(2,11)7-5-3-4-6(8(7)12)9(13)14/h3-5,12H,1-2H3,(H,13,14). The Morgan fingerprint density at radius 3 is 2.43 bits per heavy atom. The lowest BCUT2D eigenvalue weighted by molar-refractivity contribution is 0.0693. The van der Waals surface area contributed by atoms with E-state index in [1.165, 1.54) is 32.0 Å². The fraction of sp³-hybridized carbons (Fsp3) is 0.300. The van der Waals surface area contributed by atoms with E-state index in [0.717, 1.165) is 0 Å². The third kappa shape index (κ3) is 1.84. The molecule has 0 aliphatic heterocycles. The van der Waals surface area contributed by atoms with Crippen LogP contribution in [0.3, 0.4) is 0 Å². The molecular weight excluding hydrogens is 187 g/mol. The van der Waals surface area contributed by atoms with Crippen molar-refractivity contribution in [2.45, 2.75) is 19.5 Å². The monoisotopic (exact) mass is 198 g/mol. The van der Waals surface area contributed by atoms with Gasteiger partial charge in [-0.15, -0.1) is 0 Å². The Morgan fingerprint density at radius 2 is 2.00 bits per heavy atom. The van der Waals surface area contributed by atoms with Crippen molar-refractivity contribution < 1.29 is 19.4 Å².